The van der Waals surface area contributed by atoms with Gasteiger partial charge in [-0.2, -0.15) is 8.42 Å². The molecular weight excluding hydrogens is 462 g/mol. The van der Waals surface area contributed by atoms with Crippen LogP contribution in [0.4, 0.5) is 11.4 Å². The minimum Gasteiger partial charge on any atom is -0.236 e. The molecular formula is C19H16BrN3O3S2. The van der Waals surface area contributed by atoms with Gasteiger partial charge in [0.05, 0.1) is 17.1 Å². The number of benzene rings is 2. The zero-order valence-corrected chi connectivity index (χ0v) is 18.1. The molecule has 0 unspecified atom stereocenters. The third-order valence-electron chi connectivity index (χ3n) is 4.01. The van der Waals surface area contributed by atoms with Crippen LogP contribution in [0.3, 0.4) is 0 Å². The van der Waals surface area contributed by atoms with Crippen LogP contribution in [-0.2, 0) is 14.4 Å². The summed E-state index contributed by atoms with van der Waals surface area (Å²) in [6.07, 6.45) is 2.12. The number of hydrogen-bond donors (Lipinski definition) is 0. The van der Waals surface area contributed by atoms with Gasteiger partial charge >= 0.3 is 0 Å². The Morgan fingerprint density at radius 2 is 1.89 bits per heavy atom. The maximum atomic E-state index is 12.5. The van der Waals surface area contributed by atoms with Gasteiger partial charge in [0.2, 0.25) is 0 Å². The van der Waals surface area contributed by atoms with Gasteiger partial charge in [-0.3, -0.25) is 0 Å². The number of aromatic nitrogens is 2. The first kappa shape index (κ1) is 19.4. The first-order valence-corrected chi connectivity index (χ1v) is 11.8. The fourth-order valence-corrected chi connectivity index (χ4v) is 5.21. The Balaban J connectivity index is 1.92. The second-order valence-corrected chi connectivity index (χ2v) is 9.62. The van der Waals surface area contributed by atoms with Gasteiger partial charge in [0.1, 0.15) is 4.60 Å². The molecule has 2 heterocycles. The lowest BCUT2D eigenvalue weighted by Crippen LogP contribution is -2.27. The lowest BCUT2D eigenvalue weighted by Gasteiger charge is -2.32. The van der Waals surface area contributed by atoms with Gasteiger partial charge in [-0.25, -0.2) is 15.0 Å². The number of hydrogen-bond acceptors (Lipinski definition) is 7. The van der Waals surface area contributed by atoms with E-state index in [-0.39, 0.29) is 5.75 Å². The van der Waals surface area contributed by atoms with Gasteiger partial charge in [-0.05, 0) is 52.7 Å². The monoisotopic (exact) mass is 477 g/mol. The molecule has 0 N–H and O–H groups in total. The Morgan fingerprint density at radius 1 is 1.11 bits per heavy atom. The smallest absolute Gasteiger partial charge is 0.236 e. The van der Waals surface area contributed by atoms with Crippen LogP contribution in [0.2, 0.25) is 0 Å². The number of rotatable bonds is 5. The van der Waals surface area contributed by atoms with Crippen LogP contribution in [0, 0.1) is 0 Å². The fourth-order valence-electron chi connectivity index (χ4n) is 2.89. The predicted octanol–water partition coefficient (Wildman–Crippen LogP) is 5.18. The number of halogens is 1. The van der Waals surface area contributed by atoms with E-state index in [1.807, 2.05) is 42.5 Å². The summed E-state index contributed by atoms with van der Waals surface area (Å²) in [6, 6.07) is 15.0. The van der Waals surface area contributed by atoms with E-state index in [2.05, 4.69) is 25.9 Å². The van der Waals surface area contributed by atoms with Crippen LogP contribution in [0.15, 0.2) is 69.1 Å². The molecule has 3 aromatic rings. The predicted molar refractivity (Wildman–Crippen MR) is 113 cm³/mol. The topological polar surface area (TPSA) is 72.4 Å². The van der Waals surface area contributed by atoms with Crippen molar-refractivity contribution in [3.05, 3.63) is 59.3 Å². The average molecular weight is 478 g/mol. The molecule has 1 aliphatic rings. The van der Waals surface area contributed by atoms with Gasteiger partial charge in [0.15, 0.2) is 5.82 Å². The molecule has 0 amide bonds. The molecule has 0 spiro atoms. The van der Waals surface area contributed by atoms with Gasteiger partial charge < -0.3 is 0 Å². The van der Waals surface area contributed by atoms with E-state index in [0.29, 0.717) is 33.8 Å². The highest BCUT2D eigenvalue weighted by Crippen LogP contribution is 2.51. The number of fused-ring (bicyclic) bond motifs is 2. The Labute approximate surface area is 176 Å². The van der Waals surface area contributed by atoms with Crippen molar-refractivity contribution in [2.24, 2.45) is 0 Å². The van der Waals surface area contributed by atoms with Crippen molar-refractivity contribution in [3.63, 3.8) is 0 Å². The molecule has 0 aliphatic carbocycles. The molecule has 0 bridgehead atoms. The molecule has 9 heteroatoms. The number of para-hydroxylation sites is 2. The summed E-state index contributed by atoms with van der Waals surface area (Å²) in [7, 11) is -3.76. The Morgan fingerprint density at radius 3 is 2.68 bits per heavy atom. The molecule has 144 valence electrons. The van der Waals surface area contributed by atoms with Gasteiger partial charge in [0.25, 0.3) is 10.1 Å². The zero-order chi connectivity index (χ0) is 19.7. The largest absolute Gasteiger partial charge is 0.288 e. The van der Waals surface area contributed by atoms with Gasteiger partial charge in [-0.15, -0.1) is 4.28 Å². The van der Waals surface area contributed by atoms with E-state index in [9.17, 15) is 8.42 Å². The van der Waals surface area contributed by atoms with Crippen LogP contribution in [0.25, 0.3) is 11.4 Å². The third-order valence-corrected chi connectivity index (χ3v) is 6.85. The average Bonchev–Trinajstić information content (AvgIpc) is 2.67. The zero-order valence-electron chi connectivity index (χ0n) is 14.9. The SMILES string of the molecule is CCCS(=O)(=O)ON1c2ccccc2Sc2cccc(-c3nccc(Br)n3)c21. The van der Waals surface area contributed by atoms with Crippen molar-refractivity contribution in [2.75, 3.05) is 10.8 Å². The molecule has 28 heavy (non-hydrogen) atoms. The van der Waals surface area contributed by atoms with E-state index in [0.717, 1.165) is 9.79 Å². The number of nitrogens with zero attached hydrogens (tertiary/aromatic N) is 3. The van der Waals surface area contributed by atoms with Gasteiger partial charge in [-0.1, -0.05) is 36.9 Å². The first-order valence-electron chi connectivity index (χ1n) is 8.60. The molecule has 2 aromatic carbocycles. The lowest BCUT2D eigenvalue weighted by molar-refractivity contribution is 0.319. The van der Waals surface area contributed by atoms with E-state index in [1.165, 1.54) is 5.06 Å². The highest BCUT2D eigenvalue weighted by Gasteiger charge is 2.31. The molecule has 1 aliphatic heterocycles. The van der Waals surface area contributed by atoms with Crippen molar-refractivity contribution >= 4 is 49.2 Å². The lowest BCUT2D eigenvalue weighted by atomic mass is 10.1. The van der Waals surface area contributed by atoms with Crippen molar-refractivity contribution in [2.45, 2.75) is 23.1 Å². The summed E-state index contributed by atoms with van der Waals surface area (Å²) in [6.45, 7) is 1.80. The van der Waals surface area contributed by atoms with Crippen LogP contribution in [0.1, 0.15) is 13.3 Å². The third kappa shape index (κ3) is 3.80. The van der Waals surface area contributed by atoms with E-state index >= 15 is 0 Å². The van der Waals surface area contributed by atoms with E-state index < -0.39 is 10.1 Å². The molecule has 0 radical (unpaired) electrons. The second-order valence-electron chi connectivity index (χ2n) is 6.06. The summed E-state index contributed by atoms with van der Waals surface area (Å²) in [5, 5.41) is 1.39. The normalized spacial score (nSPS) is 13.1. The van der Waals surface area contributed by atoms with Gasteiger partial charge in [0, 0.05) is 21.6 Å². The number of anilines is 2. The first-order chi connectivity index (χ1) is 13.5. The standard InChI is InChI=1S/C19H16BrN3O3S2/c1-2-12-28(24,25)26-23-14-7-3-4-8-15(14)27-16-9-5-6-13(18(16)23)19-21-11-10-17(20)22-19/h3-11H,2,12H2,1H3. The highest BCUT2D eigenvalue weighted by molar-refractivity contribution is 9.10. The van der Waals surface area contributed by atoms with Crippen LogP contribution in [0.5, 0.6) is 0 Å². The van der Waals surface area contributed by atoms with Crippen LogP contribution in [-0.4, -0.2) is 24.1 Å². The van der Waals surface area contributed by atoms with E-state index in [1.54, 1.807) is 30.9 Å². The van der Waals surface area contributed by atoms with Crippen LogP contribution < -0.4 is 5.06 Å². The fraction of sp³-hybridized carbons (Fsp3) is 0.158. The summed E-state index contributed by atoms with van der Waals surface area (Å²) < 4.78 is 31.3. The summed E-state index contributed by atoms with van der Waals surface area (Å²) >= 11 is 4.92. The highest BCUT2D eigenvalue weighted by atomic mass is 79.9. The molecule has 0 fully saturated rings. The molecule has 4 rings (SSSR count). The quantitative estimate of drug-likeness (QED) is 0.468. The molecule has 0 saturated carbocycles. The van der Waals surface area contributed by atoms with E-state index in [4.69, 9.17) is 4.28 Å². The maximum Gasteiger partial charge on any atom is 0.288 e. The summed E-state index contributed by atoms with van der Waals surface area (Å²) in [5.41, 5.74) is 1.97. The molecule has 0 saturated heterocycles. The Hall–Kier alpha value is -1.94. The second kappa shape index (κ2) is 7.82. The summed E-state index contributed by atoms with van der Waals surface area (Å²) in [5.74, 6) is 0.414. The minimum absolute atomic E-state index is 0.0658. The maximum absolute atomic E-state index is 12.5. The van der Waals surface area contributed by atoms with Crippen molar-refractivity contribution in [3.8, 4) is 11.4 Å². The van der Waals surface area contributed by atoms with Crippen molar-refractivity contribution < 1.29 is 12.7 Å². The molecule has 1 aromatic heterocycles. The summed E-state index contributed by atoms with van der Waals surface area (Å²) in [4.78, 5) is 10.6. The van der Waals surface area contributed by atoms with Crippen molar-refractivity contribution in [1.82, 2.24) is 9.97 Å². The minimum atomic E-state index is -3.76. The molecule has 6 nitrogen and oxygen atoms in total. The van der Waals surface area contributed by atoms with Crippen LogP contribution >= 0.6 is 27.7 Å². The molecule has 0 atom stereocenters. The van der Waals surface area contributed by atoms with Crippen molar-refractivity contribution in [1.29, 1.82) is 0 Å². The Kier molecular flexibility index (Phi) is 5.42. The Bertz CT molecular complexity index is 1140.